The quantitative estimate of drug-likeness (QED) is 0.601. The molecule has 2 unspecified atom stereocenters. The Balaban J connectivity index is 1.47. The molecule has 3 aromatic rings. The summed E-state index contributed by atoms with van der Waals surface area (Å²) in [5, 5.41) is 10.2. The molecule has 1 aliphatic rings. The van der Waals surface area contributed by atoms with Crippen LogP contribution in [0.25, 0.3) is 0 Å². The molecule has 0 amide bonds. The predicted molar refractivity (Wildman–Crippen MR) is 116 cm³/mol. The molecule has 1 N–H and O–H groups in total. The van der Waals surface area contributed by atoms with E-state index in [1.807, 2.05) is 30.3 Å². The molecule has 154 valence electrons. The number of benzene rings is 3. The monoisotopic (exact) mass is 403 g/mol. The molecule has 4 rings (SSSR count). The SMILES string of the molecule is O=C(CN1CCC(O)CC1c1ccc(Cc2ccc(F)cc2)cc1)c1ccccc1. The van der Waals surface area contributed by atoms with Crippen LogP contribution in [0.4, 0.5) is 4.39 Å². The van der Waals surface area contributed by atoms with Gasteiger partial charge in [-0.15, -0.1) is 0 Å². The highest BCUT2D eigenvalue weighted by Gasteiger charge is 2.30. The molecule has 0 radical (unpaired) electrons. The fraction of sp³-hybridized carbons (Fsp3) is 0.269. The van der Waals surface area contributed by atoms with Gasteiger partial charge in [0.1, 0.15) is 5.82 Å². The Kier molecular flexibility index (Phi) is 6.36. The van der Waals surface area contributed by atoms with Crippen LogP contribution in [-0.2, 0) is 6.42 Å². The summed E-state index contributed by atoms with van der Waals surface area (Å²) in [5.74, 6) is -0.125. The second-order valence-electron chi connectivity index (χ2n) is 8.00. The molecule has 0 saturated carbocycles. The van der Waals surface area contributed by atoms with E-state index < -0.39 is 0 Å². The zero-order valence-electron chi connectivity index (χ0n) is 16.9. The van der Waals surface area contributed by atoms with Gasteiger partial charge in [0.15, 0.2) is 5.78 Å². The number of carbonyl (C=O) groups excluding carboxylic acids is 1. The van der Waals surface area contributed by atoms with Crippen LogP contribution < -0.4 is 0 Å². The lowest BCUT2D eigenvalue weighted by Gasteiger charge is -2.38. The van der Waals surface area contributed by atoms with Crippen molar-refractivity contribution in [3.8, 4) is 0 Å². The third-order valence-electron chi connectivity index (χ3n) is 5.81. The van der Waals surface area contributed by atoms with Crippen molar-refractivity contribution in [3.05, 3.63) is 107 Å². The van der Waals surface area contributed by atoms with E-state index in [2.05, 4.69) is 29.2 Å². The fourth-order valence-electron chi connectivity index (χ4n) is 4.13. The summed E-state index contributed by atoms with van der Waals surface area (Å²) in [4.78, 5) is 14.9. The van der Waals surface area contributed by atoms with Crippen molar-refractivity contribution in [2.24, 2.45) is 0 Å². The normalized spacial score (nSPS) is 19.5. The number of hydrogen-bond donors (Lipinski definition) is 1. The van der Waals surface area contributed by atoms with Gasteiger partial charge in [-0.05, 0) is 48.1 Å². The molecule has 30 heavy (non-hydrogen) atoms. The molecule has 0 spiro atoms. The zero-order chi connectivity index (χ0) is 20.9. The van der Waals surface area contributed by atoms with Gasteiger partial charge in [0.05, 0.1) is 12.6 Å². The average Bonchev–Trinajstić information content (AvgIpc) is 2.78. The highest BCUT2D eigenvalue weighted by molar-refractivity contribution is 5.97. The summed E-state index contributed by atoms with van der Waals surface area (Å²) < 4.78 is 13.1. The molecule has 1 heterocycles. The predicted octanol–water partition coefficient (Wildman–Crippen LogP) is 4.80. The van der Waals surface area contributed by atoms with Gasteiger partial charge in [0.25, 0.3) is 0 Å². The number of likely N-dealkylation sites (tertiary alicyclic amines) is 1. The Labute approximate surface area is 176 Å². The minimum Gasteiger partial charge on any atom is -0.393 e. The van der Waals surface area contributed by atoms with E-state index in [-0.39, 0.29) is 23.7 Å². The van der Waals surface area contributed by atoms with Crippen LogP contribution in [0.2, 0.25) is 0 Å². The minimum absolute atomic E-state index is 0.0151. The Morgan fingerprint density at radius 1 is 0.933 bits per heavy atom. The Morgan fingerprint density at radius 2 is 1.57 bits per heavy atom. The van der Waals surface area contributed by atoms with E-state index in [4.69, 9.17) is 0 Å². The molecule has 3 aromatic carbocycles. The average molecular weight is 403 g/mol. The van der Waals surface area contributed by atoms with Crippen LogP contribution >= 0.6 is 0 Å². The van der Waals surface area contributed by atoms with Gasteiger partial charge >= 0.3 is 0 Å². The van der Waals surface area contributed by atoms with Crippen LogP contribution in [0.5, 0.6) is 0 Å². The molecule has 0 aromatic heterocycles. The van der Waals surface area contributed by atoms with Crippen molar-refractivity contribution in [3.63, 3.8) is 0 Å². The molecule has 0 bridgehead atoms. The van der Waals surface area contributed by atoms with E-state index >= 15 is 0 Å². The highest BCUT2D eigenvalue weighted by atomic mass is 19.1. The summed E-state index contributed by atoms with van der Waals surface area (Å²) in [5.41, 5.74) is 4.04. The number of hydrogen-bond acceptors (Lipinski definition) is 3. The molecule has 0 aliphatic carbocycles. The second kappa shape index (κ2) is 9.33. The van der Waals surface area contributed by atoms with Gasteiger partial charge in [-0.2, -0.15) is 0 Å². The first-order chi connectivity index (χ1) is 14.6. The molecular weight excluding hydrogens is 377 g/mol. The Morgan fingerprint density at radius 3 is 2.23 bits per heavy atom. The Hall–Kier alpha value is -2.82. The number of Topliss-reactive ketones (excluding diaryl/α,β-unsaturated/α-hetero) is 1. The van der Waals surface area contributed by atoms with Crippen molar-refractivity contribution in [2.45, 2.75) is 31.4 Å². The number of carbonyl (C=O) groups is 1. The van der Waals surface area contributed by atoms with E-state index in [1.165, 1.54) is 12.1 Å². The maximum atomic E-state index is 13.1. The fourth-order valence-corrected chi connectivity index (χ4v) is 4.13. The summed E-state index contributed by atoms with van der Waals surface area (Å²) in [6.45, 7) is 1.04. The molecule has 1 saturated heterocycles. The van der Waals surface area contributed by atoms with E-state index in [9.17, 15) is 14.3 Å². The van der Waals surface area contributed by atoms with Gasteiger partial charge in [-0.3, -0.25) is 9.69 Å². The van der Waals surface area contributed by atoms with E-state index in [0.717, 1.165) is 28.7 Å². The zero-order valence-corrected chi connectivity index (χ0v) is 16.9. The van der Waals surface area contributed by atoms with Crippen molar-refractivity contribution < 1.29 is 14.3 Å². The van der Waals surface area contributed by atoms with Gasteiger partial charge in [0.2, 0.25) is 0 Å². The lowest BCUT2D eigenvalue weighted by Crippen LogP contribution is -2.41. The van der Waals surface area contributed by atoms with Crippen LogP contribution in [0.3, 0.4) is 0 Å². The number of aliphatic hydroxyl groups is 1. The number of ketones is 1. The molecular formula is C26H26FNO2. The minimum atomic E-state index is -0.350. The topological polar surface area (TPSA) is 40.5 Å². The third-order valence-corrected chi connectivity index (χ3v) is 5.81. The van der Waals surface area contributed by atoms with Crippen LogP contribution in [0.15, 0.2) is 78.9 Å². The molecule has 3 nitrogen and oxygen atoms in total. The molecule has 2 atom stereocenters. The van der Waals surface area contributed by atoms with Crippen molar-refractivity contribution in [1.29, 1.82) is 0 Å². The van der Waals surface area contributed by atoms with Crippen molar-refractivity contribution >= 4 is 5.78 Å². The maximum Gasteiger partial charge on any atom is 0.176 e. The number of aliphatic hydroxyl groups excluding tert-OH is 1. The van der Waals surface area contributed by atoms with Crippen LogP contribution in [0.1, 0.15) is 45.9 Å². The van der Waals surface area contributed by atoms with Crippen LogP contribution in [0, 0.1) is 5.82 Å². The second-order valence-corrected chi connectivity index (χ2v) is 8.00. The standard InChI is InChI=1S/C26H26FNO2/c27-23-12-8-20(9-13-23)16-19-6-10-21(11-7-19)25-17-24(29)14-15-28(25)18-26(30)22-4-2-1-3-5-22/h1-13,24-25,29H,14-18H2. The third kappa shape index (κ3) is 5.02. The number of piperidine rings is 1. The largest absolute Gasteiger partial charge is 0.393 e. The van der Waals surface area contributed by atoms with Gasteiger partial charge < -0.3 is 5.11 Å². The van der Waals surface area contributed by atoms with Crippen LogP contribution in [-0.4, -0.2) is 35.0 Å². The summed E-state index contributed by atoms with van der Waals surface area (Å²) in [6.07, 6.45) is 1.70. The van der Waals surface area contributed by atoms with Gasteiger partial charge in [-0.25, -0.2) is 4.39 Å². The summed E-state index contributed by atoms with van der Waals surface area (Å²) in [7, 11) is 0. The summed E-state index contributed by atoms with van der Waals surface area (Å²) in [6, 6.07) is 24.3. The number of rotatable bonds is 6. The number of nitrogens with zero attached hydrogens (tertiary/aromatic N) is 1. The first-order valence-corrected chi connectivity index (χ1v) is 10.4. The van der Waals surface area contributed by atoms with E-state index in [0.29, 0.717) is 25.9 Å². The molecule has 1 aliphatic heterocycles. The molecule has 1 fully saturated rings. The first kappa shape index (κ1) is 20.5. The van der Waals surface area contributed by atoms with Gasteiger partial charge in [-0.1, -0.05) is 66.7 Å². The summed E-state index contributed by atoms with van der Waals surface area (Å²) >= 11 is 0. The van der Waals surface area contributed by atoms with Crippen molar-refractivity contribution in [2.75, 3.05) is 13.1 Å². The molecule has 4 heteroatoms. The highest BCUT2D eigenvalue weighted by Crippen LogP contribution is 2.31. The maximum absolute atomic E-state index is 13.1. The van der Waals surface area contributed by atoms with Crippen molar-refractivity contribution in [1.82, 2.24) is 4.90 Å². The number of halogens is 1. The van der Waals surface area contributed by atoms with E-state index in [1.54, 1.807) is 12.1 Å². The first-order valence-electron chi connectivity index (χ1n) is 10.4. The Bertz CT molecular complexity index is 970. The smallest absolute Gasteiger partial charge is 0.176 e. The lowest BCUT2D eigenvalue weighted by molar-refractivity contribution is 0.0390. The van der Waals surface area contributed by atoms with Gasteiger partial charge in [0, 0.05) is 18.2 Å². The lowest BCUT2D eigenvalue weighted by atomic mass is 9.91.